The molecule has 0 unspecified atom stereocenters. The number of nitrogens with zero attached hydrogens (tertiary/aromatic N) is 3. The maximum Gasteiger partial charge on any atom is 0.204 e. The Morgan fingerprint density at radius 3 is 2.65 bits per heavy atom. The number of anilines is 1. The van der Waals surface area contributed by atoms with Gasteiger partial charge in [0.15, 0.2) is 0 Å². The summed E-state index contributed by atoms with van der Waals surface area (Å²) >= 11 is 6.21. The van der Waals surface area contributed by atoms with Crippen molar-refractivity contribution in [2.24, 2.45) is 7.05 Å². The van der Waals surface area contributed by atoms with Gasteiger partial charge in [-0.25, -0.2) is 4.98 Å². The van der Waals surface area contributed by atoms with Crippen molar-refractivity contribution in [2.45, 2.75) is 19.5 Å². The standard InChI is InChI=1S/C15H21ClN4/c1-11(13-7-5-6-8-14(13)16)17-9-12-10-18-15(19(2)3)20(12)4/h5-8,10-11,17H,9H2,1-4H3/t11-/m0/s1. The van der Waals surface area contributed by atoms with E-state index < -0.39 is 0 Å². The molecule has 20 heavy (non-hydrogen) atoms. The van der Waals surface area contributed by atoms with Crippen molar-refractivity contribution >= 4 is 17.5 Å². The number of imidazole rings is 1. The molecule has 2 aromatic rings. The summed E-state index contributed by atoms with van der Waals surface area (Å²) < 4.78 is 2.09. The van der Waals surface area contributed by atoms with Gasteiger partial charge in [-0.3, -0.25) is 0 Å². The lowest BCUT2D eigenvalue weighted by atomic mass is 10.1. The zero-order chi connectivity index (χ0) is 14.7. The van der Waals surface area contributed by atoms with Gasteiger partial charge < -0.3 is 14.8 Å². The van der Waals surface area contributed by atoms with Gasteiger partial charge in [-0.1, -0.05) is 29.8 Å². The van der Waals surface area contributed by atoms with Crippen LogP contribution >= 0.6 is 11.6 Å². The fourth-order valence-electron chi connectivity index (χ4n) is 2.21. The van der Waals surface area contributed by atoms with Gasteiger partial charge in [0.1, 0.15) is 0 Å². The van der Waals surface area contributed by atoms with Crippen molar-refractivity contribution in [3.63, 3.8) is 0 Å². The van der Waals surface area contributed by atoms with Gasteiger partial charge in [0.25, 0.3) is 0 Å². The topological polar surface area (TPSA) is 33.1 Å². The van der Waals surface area contributed by atoms with E-state index >= 15 is 0 Å². The van der Waals surface area contributed by atoms with Crippen LogP contribution in [0.3, 0.4) is 0 Å². The van der Waals surface area contributed by atoms with Crippen LogP contribution < -0.4 is 10.2 Å². The molecule has 1 aromatic carbocycles. The Hall–Kier alpha value is -1.52. The van der Waals surface area contributed by atoms with Crippen LogP contribution in [-0.2, 0) is 13.6 Å². The minimum atomic E-state index is 0.196. The molecule has 0 aliphatic carbocycles. The largest absolute Gasteiger partial charge is 0.348 e. The van der Waals surface area contributed by atoms with Crippen LogP contribution in [0.2, 0.25) is 5.02 Å². The molecule has 0 fully saturated rings. The van der Waals surface area contributed by atoms with Crippen LogP contribution in [0.15, 0.2) is 30.5 Å². The zero-order valence-corrected chi connectivity index (χ0v) is 13.1. The summed E-state index contributed by atoms with van der Waals surface area (Å²) in [6, 6.07) is 8.12. The quantitative estimate of drug-likeness (QED) is 0.920. The lowest BCUT2D eigenvalue weighted by Crippen LogP contribution is -2.21. The van der Waals surface area contributed by atoms with Crippen molar-refractivity contribution in [1.29, 1.82) is 0 Å². The molecule has 108 valence electrons. The number of hydrogen-bond acceptors (Lipinski definition) is 3. The van der Waals surface area contributed by atoms with E-state index in [1.54, 1.807) is 0 Å². The summed E-state index contributed by atoms with van der Waals surface area (Å²) in [5.41, 5.74) is 2.26. The fourth-order valence-corrected chi connectivity index (χ4v) is 2.51. The second kappa shape index (κ2) is 6.29. The molecular formula is C15H21ClN4. The molecule has 0 spiro atoms. The number of nitrogens with one attached hydrogen (secondary N) is 1. The summed E-state index contributed by atoms with van der Waals surface area (Å²) in [6.45, 7) is 2.87. The lowest BCUT2D eigenvalue weighted by molar-refractivity contribution is 0.558. The molecule has 0 aliphatic heterocycles. The maximum absolute atomic E-state index is 6.21. The molecular weight excluding hydrogens is 272 g/mol. The third kappa shape index (κ3) is 3.14. The van der Waals surface area contributed by atoms with Crippen molar-refractivity contribution in [3.05, 3.63) is 46.7 Å². The monoisotopic (exact) mass is 292 g/mol. The predicted molar refractivity (Wildman–Crippen MR) is 84.2 cm³/mol. The molecule has 2 rings (SSSR count). The van der Waals surface area contributed by atoms with E-state index in [4.69, 9.17) is 11.6 Å². The van der Waals surface area contributed by atoms with E-state index in [9.17, 15) is 0 Å². The maximum atomic E-state index is 6.21. The number of hydrogen-bond donors (Lipinski definition) is 1. The first-order valence-electron chi connectivity index (χ1n) is 6.66. The zero-order valence-electron chi connectivity index (χ0n) is 12.4. The third-order valence-corrected chi connectivity index (χ3v) is 3.77. The van der Waals surface area contributed by atoms with Gasteiger partial charge in [-0.05, 0) is 18.6 Å². The third-order valence-electron chi connectivity index (χ3n) is 3.42. The summed E-state index contributed by atoms with van der Waals surface area (Å²) in [7, 11) is 6.01. The molecule has 4 nitrogen and oxygen atoms in total. The highest BCUT2D eigenvalue weighted by molar-refractivity contribution is 6.31. The molecule has 1 atom stereocenters. The minimum absolute atomic E-state index is 0.196. The summed E-state index contributed by atoms with van der Waals surface area (Å²) in [5.74, 6) is 0.951. The first-order valence-corrected chi connectivity index (χ1v) is 7.04. The van der Waals surface area contributed by atoms with E-state index in [2.05, 4.69) is 27.9 Å². The molecule has 0 amide bonds. The summed E-state index contributed by atoms with van der Waals surface area (Å²) in [6.07, 6.45) is 1.90. The lowest BCUT2D eigenvalue weighted by Gasteiger charge is -2.17. The van der Waals surface area contributed by atoms with Crippen molar-refractivity contribution in [3.8, 4) is 0 Å². The van der Waals surface area contributed by atoms with Crippen LogP contribution in [-0.4, -0.2) is 23.6 Å². The second-order valence-corrected chi connectivity index (χ2v) is 5.53. The number of benzene rings is 1. The van der Waals surface area contributed by atoms with Crippen LogP contribution in [0, 0.1) is 0 Å². The molecule has 0 radical (unpaired) electrons. The smallest absolute Gasteiger partial charge is 0.204 e. The molecule has 0 saturated carbocycles. The average Bonchev–Trinajstić information content (AvgIpc) is 2.78. The molecule has 1 heterocycles. The molecule has 1 N–H and O–H groups in total. The Morgan fingerprint density at radius 2 is 2.05 bits per heavy atom. The van der Waals surface area contributed by atoms with E-state index in [0.717, 1.165) is 28.8 Å². The van der Waals surface area contributed by atoms with Crippen LogP contribution in [0.25, 0.3) is 0 Å². The Labute approximate surface area is 125 Å². The van der Waals surface area contributed by atoms with Gasteiger partial charge in [0.2, 0.25) is 5.95 Å². The summed E-state index contributed by atoms with van der Waals surface area (Å²) in [4.78, 5) is 6.41. The first-order chi connectivity index (χ1) is 9.50. The van der Waals surface area contributed by atoms with E-state index in [-0.39, 0.29) is 6.04 Å². The predicted octanol–water partition coefficient (Wildman–Crippen LogP) is 2.99. The second-order valence-electron chi connectivity index (χ2n) is 5.13. The van der Waals surface area contributed by atoms with Crippen LogP contribution in [0.1, 0.15) is 24.2 Å². The normalized spacial score (nSPS) is 12.4. The average molecular weight is 293 g/mol. The summed E-state index contributed by atoms with van der Waals surface area (Å²) in [5, 5.41) is 4.28. The number of aromatic nitrogens is 2. The van der Waals surface area contributed by atoms with Crippen LogP contribution in [0.5, 0.6) is 0 Å². The Morgan fingerprint density at radius 1 is 1.35 bits per heavy atom. The highest BCUT2D eigenvalue weighted by Crippen LogP contribution is 2.22. The molecule has 1 aromatic heterocycles. The van der Waals surface area contributed by atoms with Crippen molar-refractivity contribution in [2.75, 3.05) is 19.0 Å². The van der Waals surface area contributed by atoms with Gasteiger partial charge in [-0.2, -0.15) is 0 Å². The molecule has 0 aliphatic rings. The van der Waals surface area contributed by atoms with E-state index in [1.807, 2.05) is 50.4 Å². The van der Waals surface area contributed by atoms with Crippen molar-refractivity contribution < 1.29 is 0 Å². The molecule has 0 saturated heterocycles. The highest BCUT2D eigenvalue weighted by Gasteiger charge is 2.11. The van der Waals surface area contributed by atoms with Gasteiger partial charge in [0.05, 0.1) is 11.9 Å². The highest BCUT2D eigenvalue weighted by atomic mass is 35.5. The molecule has 0 bridgehead atoms. The number of halogens is 1. The SMILES string of the molecule is C[C@H](NCc1cnc(N(C)C)n1C)c1ccccc1Cl. The molecule has 5 heteroatoms. The first kappa shape index (κ1) is 14.9. The van der Waals surface area contributed by atoms with Gasteiger partial charge in [0, 0.05) is 38.8 Å². The van der Waals surface area contributed by atoms with Gasteiger partial charge in [-0.15, -0.1) is 0 Å². The Kier molecular flexibility index (Phi) is 4.68. The van der Waals surface area contributed by atoms with E-state index in [0.29, 0.717) is 0 Å². The fraction of sp³-hybridized carbons (Fsp3) is 0.400. The van der Waals surface area contributed by atoms with E-state index in [1.165, 1.54) is 0 Å². The van der Waals surface area contributed by atoms with Gasteiger partial charge >= 0.3 is 0 Å². The Bertz CT molecular complexity index is 577. The van der Waals surface area contributed by atoms with Crippen molar-refractivity contribution in [1.82, 2.24) is 14.9 Å². The minimum Gasteiger partial charge on any atom is -0.348 e. The number of rotatable bonds is 5. The Balaban J connectivity index is 2.04. The van der Waals surface area contributed by atoms with Crippen LogP contribution in [0.4, 0.5) is 5.95 Å².